The minimum atomic E-state index is -0.916. The Balaban J connectivity index is 2.52. The lowest BCUT2D eigenvalue weighted by atomic mass is 10.0. The molecular weight excluding hydrogens is 276 g/mol. The van der Waals surface area contributed by atoms with Crippen molar-refractivity contribution in [3.05, 3.63) is 59.6 Å². The summed E-state index contributed by atoms with van der Waals surface area (Å²) in [4.78, 5) is 3.04. The SMILES string of the molecule is N#C/C(NN)=C(/N)c1cccc(-c2cc(F)nc(F)c2)c1. The standard InChI is InChI=1S/C14H11F2N5/c15-12-5-10(6-13(16)20-12)8-2-1-3-9(4-8)14(18)11(7-17)21-19/h1-6,21H,18-19H2/b14-11-. The number of nitriles is 1. The van der Waals surface area contributed by atoms with Crippen molar-refractivity contribution < 1.29 is 8.78 Å². The van der Waals surface area contributed by atoms with E-state index in [1.807, 2.05) is 6.07 Å². The number of hydrogen-bond donors (Lipinski definition) is 3. The van der Waals surface area contributed by atoms with Crippen LogP contribution in [0.2, 0.25) is 0 Å². The number of benzene rings is 1. The van der Waals surface area contributed by atoms with E-state index in [9.17, 15) is 8.78 Å². The third-order valence-corrected chi connectivity index (χ3v) is 2.80. The van der Waals surface area contributed by atoms with Crippen LogP contribution in [0.4, 0.5) is 8.78 Å². The van der Waals surface area contributed by atoms with Gasteiger partial charge in [-0.1, -0.05) is 18.2 Å². The Hall–Kier alpha value is -2.98. The van der Waals surface area contributed by atoms with Gasteiger partial charge in [0.15, 0.2) is 5.70 Å². The van der Waals surface area contributed by atoms with Crippen LogP contribution < -0.4 is 17.0 Å². The molecule has 5 N–H and O–H groups in total. The molecule has 0 aliphatic rings. The zero-order chi connectivity index (χ0) is 15.4. The second kappa shape index (κ2) is 5.98. The van der Waals surface area contributed by atoms with Crippen LogP contribution in [0.1, 0.15) is 5.56 Å². The van der Waals surface area contributed by atoms with Gasteiger partial charge in [0, 0.05) is 17.7 Å². The van der Waals surface area contributed by atoms with Gasteiger partial charge in [0.05, 0.1) is 5.70 Å². The molecule has 0 bridgehead atoms. The van der Waals surface area contributed by atoms with Crippen molar-refractivity contribution >= 4 is 5.70 Å². The van der Waals surface area contributed by atoms with Crippen LogP contribution in [0.5, 0.6) is 0 Å². The fourth-order valence-corrected chi connectivity index (χ4v) is 1.81. The average molecular weight is 287 g/mol. The van der Waals surface area contributed by atoms with Crippen molar-refractivity contribution in [2.75, 3.05) is 0 Å². The van der Waals surface area contributed by atoms with E-state index >= 15 is 0 Å². The van der Waals surface area contributed by atoms with Crippen LogP contribution in [0.3, 0.4) is 0 Å². The number of allylic oxidation sites excluding steroid dienone is 1. The topological polar surface area (TPSA) is 101 Å². The molecule has 1 aromatic carbocycles. The van der Waals surface area contributed by atoms with Crippen molar-refractivity contribution in [1.29, 1.82) is 5.26 Å². The van der Waals surface area contributed by atoms with Gasteiger partial charge >= 0.3 is 0 Å². The Morgan fingerprint density at radius 3 is 2.38 bits per heavy atom. The smallest absolute Gasteiger partial charge is 0.216 e. The molecule has 7 heteroatoms. The summed E-state index contributed by atoms with van der Waals surface area (Å²) in [6.45, 7) is 0. The molecule has 1 heterocycles. The predicted octanol–water partition coefficient (Wildman–Crippen LogP) is 1.64. The predicted molar refractivity (Wildman–Crippen MR) is 73.6 cm³/mol. The zero-order valence-corrected chi connectivity index (χ0v) is 10.8. The van der Waals surface area contributed by atoms with Crippen LogP contribution in [0.15, 0.2) is 42.1 Å². The summed E-state index contributed by atoms with van der Waals surface area (Å²) in [5.41, 5.74) is 9.49. The molecule has 0 unspecified atom stereocenters. The van der Waals surface area contributed by atoms with Crippen LogP contribution >= 0.6 is 0 Å². The molecule has 0 aliphatic heterocycles. The molecule has 0 atom stereocenters. The third-order valence-electron chi connectivity index (χ3n) is 2.80. The Labute approximate surface area is 119 Å². The Bertz CT molecular complexity index is 729. The van der Waals surface area contributed by atoms with Crippen molar-refractivity contribution in [3.8, 4) is 17.2 Å². The van der Waals surface area contributed by atoms with Crippen LogP contribution in [0.25, 0.3) is 16.8 Å². The summed E-state index contributed by atoms with van der Waals surface area (Å²) in [5.74, 6) is 3.36. The summed E-state index contributed by atoms with van der Waals surface area (Å²) in [6.07, 6.45) is 0. The van der Waals surface area contributed by atoms with Gasteiger partial charge in [-0.15, -0.1) is 0 Å². The number of nitrogens with two attached hydrogens (primary N) is 2. The fourth-order valence-electron chi connectivity index (χ4n) is 1.81. The van der Waals surface area contributed by atoms with Crippen molar-refractivity contribution in [2.24, 2.45) is 11.6 Å². The van der Waals surface area contributed by atoms with Gasteiger partial charge in [0.25, 0.3) is 0 Å². The maximum Gasteiger partial charge on any atom is 0.216 e. The molecular formula is C14H11F2N5. The van der Waals surface area contributed by atoms with Crippen molar-refractivity contribution in [1.82, 2.24) is 10.4 Å². The van der Waals surface area contributed by atoms with Gasteiger partial charge in [-0.05, 0) is 17.2 Å². The lowest BCUT2D eigenvalue weighted by Gasteiger charge is -2.08. The molecule has 2 rings (SSSR count). The number of halogens is 2. The van der Waals surface area contributed by atoms with Gasteiger partial charge in [0.2, 0.25) is 11.9 Å². The van der Waals surface area contributed by atoms with Gasteiger partial charge < -0.3 is 11.2 Å². The highest BCUT2D eigenvalue weighted by Gasteiger charge is 2.08. The van der Waals surface area contributed by atoms with E-state index in [1.54, 1.807) is 24.3 Å². The zero-order valence-electron chi connectivity index (χ0n) is 10.8. The molecule has 2 aromatic rings. The first kappa shape index (κ1) is 14.4. The number of nitrogens with zero attached hydrogens (tertiary/aromatic N) is 2. The highest BCUT2D eigenvalue weighted by molar-refractivity contribution is 5.74. The number of rotatable bonds is 3. The number of hydrogen-bond acceptors (Lipinski definition) is 5. The van der Waals surface area contributed by atoms with Gasteiger partial charge in [0.1, 0.15) is 6.07 Å². The van der Waals surface area contributed by atoms with E-state index in [1.165, 1.54) is 0 Å². The van der Waals surface area contributed by atoms with E-state index in [-0.39, 0.29) is 11.4 Å². The highest BCUT2D eigenvalue weighted by atomic mass is 19.1. The molecule has 0 saturated carbocycles. The first-order chi connectivity index (χ1) is 10.0. The summed E-state index contributed by atoms with van der Waals surface area (Å²) in [5, 5.41) is 8.88. The summed E-state index contributed by atoms with van der Waals surface area (Å²) in [7, 11) is 0. The number of hydrazine groups is 1. The second-order valence-electron chi connectivity index (χ2n) is 4.13. The molecule has 0 fully saturated rings. The number of aromatic nitrogens is 1. The molecule has 1 aromatic heterocycles. The first-order valence-electron chi connectivity index (χ1n) is 5.85. The fraction of sp³-hybridized carbons (Fsp3) is 0. The Kier molecular flexibility index (Phi) is 4.11. The number of pyridine rings is 1. The molecule has 5 nitrogen and oxygen atoms in total. The minimum Gasteiger partial charge on any atom is -0.396 e. The molecule has 21 heavy (non-hydrogen) atoms. The molecule has 0 spiro atoms. The lowest BCUT2D eigenvalue weighted by Crippen LogP contribution is -2.23. The summed E-state index contributed by atoms with van der Waals surface area (Å²) >= 11 is 0. The summed E-state index contributed by atoms with van der Waals surface area (Å²) in [6, 6.07) is 10.6. The minimum absolute atomic E-state index is 0.000704. The maximum atomic E-state index is 13.2. The molecule has 0 saturated heterocycles. The lowest BCUT2D eigenvalue weighted by molar-refractivity contribution is 0.513. The first-order valence-corrected chi connectivity index (χ1v) is 5.85. The molecule has 0 radical (unpaired) electrons. The van der Waals surface area contributed by atoms with Gasteiger partial charge in [-0.25, -0.2) is 5.84 Å². The van der Waals surface area contributed by atoms with E-state index < -0.39 is 11.9 Å². The molecule has 0 aliphatic carbocycles. The Morgan fingerprint density at radius 1 is 1.14 bits per heavy atom. The van der Waals surface area contributed by atoms with Crippen LogP contribution in [0, 0.1) is 23.2 Å². The van der Waals surface area contributed by atoms with E-state index in [4.69, 9.17) is 16.8 Å². The highest BCUT2D eigenvalue weighted by Crippen LogP contribution is 2.23. The number of nitrogens with one attached hydrogen (secondary N) is 1. The average Bonchev–Trinajstić information content (AvgIpc) is 2.47. The van der Waals surface area contributed by atoms with Gasteiger partial charge in [-0.3, -0.25) is 0 Å². The van der Waals surface area contributed by atoms with E-state index in [2.05, 4.69) is 10.4 Å². The van der Waals surface area contributed by atoms with Crippen LogP contribution in [-0.2, 0) is 0 Å². The monoisotopic (exact) mass is 287 g/mol. The second-order valence-corrected chi connectivity index (χ2v) is 4.13. The molecule has 0 amide bonds. The van der Waals surface area contributed by atoms with Crippen LogP contribution in [-0.4, -0.2) is 4.98 Å². The van der Waals surface area contributed by atoms with Crippen molar-refractivity contribution in [2.45, 2.75) is 0 Å². The van der Waals surface area contributed by atoms with E-state index in [0.29, 0.717) is 16.7 Å². The molecule has 106 valence electrons. The third kappa shape index (κ3) is 3.13. The Morgan fingerprint density at radius 2 is 1.81 bits per heavy atom. The van der Waals surface area contributed by atoms with Gasteiger partial charge in [-0.2, -0.15) is 19.0 Å². The van der Waals surface area contributed by atoms with Crippen molar-refractivity contribution in [3.63, 3.8) is 0 Å². The largest absolute Gasteiger partial charge is 0.396 e. The quantitative estimate of drug-likeness (QED) is 0.345. The maximum absolute atomic E-state index is 13.2. The normalized spacial score (nSPS) is 11.5. The summed E-state index contributed by atoms with van der Waals surface area (Å²) < 4.78 is 26.3. The van der Waals surface area contributed by atoms with E-state index in [0.717, 1.165) is 12.1 Å².